The number of carbonyl (C=O) groups is 1. The summed E-state index contributed by atoms with van der Waals surface area (Å²) in [5, 5.41) is 12.7. The highest BCUT2D eigenvalue weighted by atomic mass is 16.3. The number of piperidine rings is 2. The molecule has 28 heavy (non-hydrogen) atoms. The lowest BCUT2D eigenvalue weighted by Crippen LogP contribution is -2.50. The second kappa shape index (κ2) is 8.55. The summed E-state index contributed by atoms with van der Waals surface area (Å²) in [6.07, 6.45) is 3.94. The van der Waals surface area contributed by atoms with Crippen LogP contribution in [-0.2, 0) is 0 Å². The van der Waals surface area contributed by atoms with Gasteiger partial charge in [0.25, 0.3) is 0 Å². The third-order valence-corrected chi connectivity index (χ3v) is 6.09. The highest BCUT2D eigenvalue weighted by molar-refractivity contribution is 5.74. The molecule has 2 aromatic rings. The molecule has 0 radical (unpaired) electrons. The van der Waals surface area contributed by atoms with E-state index in [9.17, 15) is 9.90 Å². The van der Waals surface area contributed by atoms with E-state index in [0.717, 1.165) is 51.9 Å². The van der Waals surface area contributed by atoms with Gasteiger partial charge in [0.15, 0.2) is 0 Å². The summed E-state index contributed by atoms with van der Waals surface area (Å²) >= 11 is 0. The lowest BCUT2D eigenvalue weighted by Gasteiger charge is -2.36. The van der Waals surface area contributed by atoms with Crippen LogP contribution < -0.4 is 10.2 Å². The summed E-state index contributed by atoms with van der Waals surface area (Å²) in [7, 11) is 0. The largest absolute Gasteiger partial charge is 0.508 e. The molecule has 0 bridgehead atoms. The number of rotatable bonds is 3. The fourth-order valence-corrected chi connectivity index (χ4v) is 4.35. The molecule has 2 heterocycles. The first-order chi connectivity index (χ1) is 13.7. The molecule has 2 amide bonds. The molecule has 2 aliphatic rings. The molecule has 2 saturated heterocycles. The number of nitrogens with zero attached hydrogens (tertiary/aromatic N) is 2. The number of nitrogens with one attached hydrogen (secondary N) is 1. The summed E-state index contributed by atoms with van der Waals surface area (Å²) in [4.78, 5) is 17.0. The van der Waals surface area contributed by atoms with Gasteiger partial charge in [-0.15, -0.1) is 0 Å². The van der Waals surface area contributed by atoms with Gasteiger partial charge in [0.05, 0.1) is 0 Å². The van der Waals surface area contributed by atoms with Crippen molar-refractivity contribution in [3.05, 3.63) is 60.2 Å². The van der Waals surface area contributed by atoms with Gasteiger partial charge in [-0.1, -0.05) is 30.3 Å². The Morgan fingerprint density at radius 1 is 0.857 bits per heavy atom. The summed E-state index contributed by atoms with van der Waals surface area (Å²) in [5.74, 6) is 0.776. The normalized spacial score (nSPS) is 18.9. The van der Waals surface area contributed by atoms with Gasteiger partial charge in [-0.3, -0.25) is 0 Å². The average Bonchev–Trinajstić information content (AvgIpc) is 2.75. The lowest BCUT2D eigenvalue weighted by molar-refractivity contribution is 0.175. The number of hydrogen-bond donors (Lipinski definition) is 2. The predicted octanol–water partition coefficient (Wildman–Crippen LogP) is 3.95. The molecule has 2 N–H and O–H groups in total. The Morgan fingerprint density at radius 3 is 2.14 bits per heavy atom. The van der Waals surface area contributed by atoms with E-state index in [1.165, 1.54) is 11.3 Å². The average molecular weight is 380 g/mol. The van der Waals surface area contributed by atoms with Crippen molar-refractivity contribution in [2.45, 2.75) is 37.6 Å². The van der Waals surface area contributed by atoms with E-state index in [1.54, 1.807) is 12.1 Å². The molecule has 4 rings (SSSR count). The summed E-state index contributed by atoms with van der Waals surface area (Å²) < 4.78 is 0. The molecule has 2 aromatic carbocycles. The van der Waals surface area contributed by atoms with Gasteiger partial charge in [0.2, 0.25) is 0 Å². The van der Waals surface area contributed by atoms with Crippen LogP contribution in [0.4, 0.5) is 10.5 Å². The van der Waals surface area contributed by atoms with Crippen LogP contribution in [-0.4, -0.2) is 48.3 Å². The van der Waals surface area contributed by atoms with Crippen molar-refractivity contribution in [1.29, 1.82) is 0 Å². The molecule has 2 aliphatic heterocycles. The van der Waals surface area contributed by atoms with Gasteiger partial charge in [0.1, 0.15) is 5.75 Å². The van der Waals surface area contributed by atoms with E-state index < -0.39 is 0 Å². The molecule has 0 spiro atoms. The van der Waals surface area contributed by atoms with E-state index in [1.807, 2.05) is 23.1 Å². The molecule has 0 saturated carbocycles. The number of phenolic OH excluding ortho intramolecular Hbond substituents is 1. The molecular weight excluding hydrogens is 350 g/mol. The Morgan fingerprint density at radius 2 is 1.50 bits per heavy atom. The Hall–Kier alpha value is -2.69. The second-order valence-corrected chi connectivity index (χ2v) is 7.90. The van der Waals surface area contributed by atoms with Crippen LogP contribution in [0.1, 0.15) is 37.2 Å². The van der Waals surface area contributed by atoms with E-state index in [0.29, 0.717) is 11.7 Å². The van der Waals surface area contributed by atoms with Crippen molar-refractivity contribution >= 4 is 11.7 Å². The van der Waals surface area contributed by atoms with Crippen molar-refractivity contribution in [2.24, 2.45) is 0 Å². The molecule has 0 atom stereocenters. The van der Waals surface area contributed by atoms with Gasteiger partial charge in [-0.25, -0.2) is 4.79 Å². The smallest absolute Gasteiger partial charge is 0.317 e. The van der Waals surface area contributed by atoms with Crippen LogP contribution in [0.3, 0.4) is 0 Å². The molecule has 5 nitrogen and oxygen atoms in total. The third kappa shape index (κ3) is 4.41. The minimum absolute atomic E-state index is 0.0855. The fraction of sp³-hybridized carbons (Fsp3) is 0.435. The molecule has 148 valence electrons. The number of urea groups is 1. The summed E-state index contributed by atoms with van der Waals surface area (Å²) in [6, 6.07) is 18.3. The van der Waals surface area contributed by atoms with Crippen LogP contribution in [0.5, 0.6) is 5.75 Å². The maximum absolute atomic E-state index is 12.7. The number of amides is 2. The SMILES string of the molecule is O=C(NC1CCN(c2ccccc2)CC1)N1CCC(c2ccc(O)cc2)CC1. The number of likely N-dealkylation sites (tertiary alicyclic amines) is 1. The predicted molar refractivity (Wildman–Crippen MR) is 112 cm³/mol. The maximum atomic E-state index is 12.7. The maximum Gasteiger partial charge on any atom is 0.317 e. The number of aromatic hydroxyl groups is 1. The van der Waals surface area contributed by atoms with Crippen LogP contribution in [0, 0.1) is 0 Å². The molecule has 0 aliphatic carbocycles. The number of carbonyl (C=O) groups excluding carboxylic acids is 1. The first kappa shape index (κ1) is 18.7. The topological polar surface area (TPSA) is 55.8 Å². The zero-order valence-corrected chi connectivity index (χ0v) is 16.3. The fourth-order valence-electron chi connectivity index (χ4n) is 4.35. The van der Waals surface area contributed by atoms with Crippen molar-refractivity contribution < 1.29 is 9.90 Å². The molecule has 2 fully saturated rings. The van der Waals surface area contributed by atoms with Gasteiger partial charge in [-0.05, 0) is 61.4 Å². The van der Waals surface area contributed by atoms with Crippen molar-refractivity contribution in [1.82, 2.24) is 10.2 Å². The summed E-state index contributed by atoms with van der Waals surface area (Å²) in [6.45, 7) is 3.55. The number of hydrogen-bond acceptors (Lipinski definition) is 3. The standard InChI is InChI=1S/C23H29N3O2/c27-22-8-6-18(7-9-22)19-10-14-26(15-11-19)23(28)24-20-12-16-25(17-13-20)21-4-2-1-3-5-21/h1-9,19-20,27H,10-17H2,(H,24,28). The lowest BCUT2D eigenvalue weighted by atomic mass is 9.89. The van der Waals surface area contributed by atoms with E-state index in [-0.39, 0.29) is 12.1 Å². The van der Waals surface area contributed by atoms with Gasteiger partial charge < -0.3 is 20.2 Å². The number of anilines is 1. The Bertz CT molecular complexity index is 762. The Labute approximate surface area is 167 Å². The number of benzene rings is 2. The number of para-hydroxylation sites is 1. The van der Waals surface area contributed by atoms with E-state index in [4.69, 9.17) is 0 Å². The number of phenols is 1. The van der Waals surface area contributed by atoms with Gasteiger partial charge in [0, 0.05) is 37.9 Å². The third-order valence-electron chi connectivity index (χ3n) is 6.09. The van der Waals surface area contributed by atoms with Gasteiger partial charge >= 0.3 is 6.03 Å². The van der Waals surface area contributed by atoms with Crippen LogP contribution >= 0.6 is 0 Å². The zero-order chi connectivity index (χ0) is 19.3. The minimum Gasteiger partial charge on any atom is -0.508 e. The minimum atomic E-state index is 0.0855. The van der Waals surface area contributed by atoms with Gasteiger partial charge in [-0.2, -0.15) is 0 Å². The van der Waals surface area contributed by atoms with Crippen LogP contribution in [0.2, 0.25) is 0 Å². The summed E-state index contributed by atoms with van der Waals surface area (Å²) in [5.41, 5.74) is 2.52. The van der Waals surface area contributed by atoms with Crippen LogP contribution in [0.15, 0.2) is 54.6 Å². The second-order valence-electron chi connectivity index (χ2n) is 7.90. The highest BCUT2D eigenvalue weighted by Crippen LogP contribution is 2.29. The molecule has 0 aromatic heterocycles. The first-order valence-electron chi connectivity index (χ1n) is 10.3. The molecule has 5 heteroatoms. The monoisotopic (exact) mass is 379 g/mol. The van der Waals surface area contributed by atoms with Crippen LogP contribution in [0.25, 0.3) is 0 Å². The first-order valence-corrected chi connectivity index (χ1v) is 10.3. The Balaban J connectivity index is 1.22. The van der Waals surface area contributed by atoms with E-state index in [2.05, 4.69) is 34.5 Å². The van der Waals surface area contributed by atoms with Crippen molar-refractivity contribution in [3.8, 4) is 5.75 Å². The molecule has 0 unspecified atom stereocenters. The zero-order valence-electron chi connectivity index (χ0n) is 16.3. The quantitative estimate of drug-likeness (QED) is 0.849. The molecular formula is C23H29N3O2. The van der Waals surface area contributed by atoms with Crippen molar-refractivity contribution in [3.63, 3.8) is 0 Å². The Kier molecular flexibility index (Phi) is 5.70. The van der Waals surface area contributed by atoms with E-state index >= 15 is 0 Å². The van der Waals surface area contributed by atoms with Crippen molar-refractivity contribution in [2.75, 3.05) is 31.1 Å². The highest BCUT2D eigenvalue weighted by Gasteiger charge is 2.26.